The highest BCUT2D eigenvalue weighted by atomic mass is 35.5. The number of hydrogen-bond acceptors (Lipinski definition) is 3. The number of hydrogen-bond donors (Lipinski definition) is 2. The van der Waals surface area contributed by atoms with Crippen LogP contribution >= 0.6 is 11.6 Å². The molecular weight excluding hydrogens is 255 g/mol. The average Bonchev–Trinajstić information content (AvgIpc) is 2.58. The molecule has 100 valence electrons. The van der Waals surface area contributed by atoms with Gasteiger partial charge in [-0.15, -0.1) is 0 Å². The summed E-state index contributed by atoms with van der Waals surface area (Å²) in [6, 6.07) is 2.81. The highest BCUT2D eigenvalue weighted by Gasteiger charge is 2.23. The smallest absolute Gasteiger partial charge is 0.144 e. The molecule has 0 aromatic heterocycles. The molecule has 1 aromatic carbocycles. The van der Waals surface area contributed by atoms with E-state index in [1.807, 2.05) is 4.90 Å². The first-order chi connectivity index (χ1) is 8.63. The summed E-state index contributed by atoms with van der Waals surface area (Å²) in [6.45, 7) is 0.847. The third-order valence-electron chi connectivity index (χ3n) is 3.47. The summed E-state index contributed by atoms with van der Waals surface area (Å²) in [4.78, 5) is 2.00. The van der Waals surface area contributed by atoms with Gasteiger partial charge in [-0.25, -0.2) is 4.39 Å². The van der Waals surface area contributed by atoms with E-state index in [9.17, 15) is 9.50 Å². The first-order valence-electron chi connectivity index (χ1n) is 6.25. The number of aliphatic hydroxyl groups is 1. The summed E-state index contributed by atoms with van der Waals surface area (Å²) in [6.07, 6.45) is 4.14. The fourth-order valence-corrected chi connectivity index (χ4v) is 2.66. The zero-order valence-corrected chi connectivity index (χ0v) is 11.0. The van der Waals surface area contributed by atoms with Crippen LogP contribution in [0.15, 0.2) is 12.1 Å². The van der Waals surface area contributed by atoms with Crippen LogP contribution in [0.1, 0.15) is 25.7 Å². The lowest BCUT2D eigenvalue weighted by Crippen LogP contribution is -2.38. The first kappa shape index (κ1) is 13.4. The number of rotatable bonds is 2. The van der Waals surface area contributed by atoms with Crippen LogP contribution in [-0.4, -0.2) is 24.3 Å². The highest BCUT2D eigenvalue weighted by Crippen LogP contribution is 2.32. The Morgan fingerprint density at radius 2 is 2.17 bits per heavy atom. The molecule has 1 fully saturated rings. The number of benzene rings is 1. The van der Waals surface area contributed by atoms with Crippen molar-refractivity contribution in [2.75, 3.05) is 23.8 Å². The lowest BCUT2D eigenvalue weighted by atomic mass is 10.1. The van der Waals surface area contributed by atoms with Crippen LogP contribution in [0, 0.1) is 5.82 Å². The Morgan fingerprint density at radius 1 is 1.39 bits per heavy atom. The second-order valence-corrected chi connectivity index (χ2v) is 5.11. The van der Waals surface area contributed by atoms with Gasteiger partial charge in [0.2, 0.25) is 0 Å². The number of anilines is 2. The minimum atomic E-state index is -0.471. The summed E-state index contributed by atoms with van der Waals surface area (Å²) in [5, 5.41) is 9.49. The monoisotopic (exact) mass is 272 g/mol. The van der Waals surface area contributed by atoms with Crippen LogP contribution in [0.2, 0.25) is 5.02 Å². The number of nitrogens with zero attached hydrogens (tertiary/aromatic N) is 1. The maximum atomic E-state index is 13.6. The molecule has 2 rings (SSSR count). The zero-order valence-electron chi connectivity index (χ0n) is 10.2. The fourth-order valence-electron chi connectivity index (χ4n) is 2.48. The molecule has 1 atom stereocenters. The van der Waals surface area contributed by atoms with E-state index >= 15 is 0 Å². The van der Waals surface area contributed by atoms with E-state index in [-0.39, 0.29) is 17.7 Å². The van der Waals surface area contributed by atoms with Crippen molar-refractivity contribution in [2.45, 2.75) is 31.7 Å². The molecule has 1 heterocycles. The van der Waals surface area contributed by atoms with Crippen molar-refractivity contribution in [1.82, 2.24) is 0 Å². The predicted octanol–water partition coefficient (Wildman–Crippen LogP) is 2.80. The van der Waals surface area contributed by atoms with Gasteiger partial charge < -0.3 is 15.7 Å². The zero-order chi connectivity index (χ0) is 13.1. The minimum Gasteiger partial charge on any atom is -0.397 e. The van der Waals surface area contributed by atoms with Gasteiger partial charge in [0.25, 0.3) is 0 Å². The van der Waals surface area contributed by atoms with Gasteiger partial charge in [-0.3, -0.25) is 0 Å². The van der Waals surface area contributed by atoms with Gasteiger partial charge in [0.15, 0.2) is 0 Å². The molecule has 1 unspecified atom stereocenters. The Kier molecular flexibility index (Phi) is 4.30. The Bertz CT molecular complexity index is 428. The lowest BCUT2D eigenvalue weighted by molar-refractivity contribution is 0.255. The third kappa shape index (κ3) is 2.70. The molecule has 5 heteroatoms. The van der Waals surface area contributed by atoms with E-state index in [1.54, 1.807) is 0 Å². The predicted molar refractivity (Wildman–Crippen MR) is 72.5 cm³/mol. The molecule has 0 radical (unpaired) electrons. The maximum Gasteiger partial charge on any atom is 0.144 e. The molecule has 3 nitrogen and oxygen atoms in total. The summed E-state index contributed by atoms with van der Waals surface area (Å²) >= 11 is 5.70. The van der Waals surface area contributed by atoms with Crippen molar-refractivity contribution in [1.29, 1.82) is 0 Å². The van der Waals surface area contributed by atoms with Gasteiger partial charge in [-0.1, -0.05) is 24.4 Å². The average molecular weight is 273 g/mol. The SMILES string of the molecule is Nc1cc(Cl)c(F)cc1N1CCCCCC1CO. The van der Waals surface area contributed by atoms with E-state index in [0.717, 1.165) is 32.2 Å². The Balaban J connectivity index is 2.35. The molecule has 0 spiro atoms. The normalized spacial score (nSPS) is 20.8. The van der Waals surface area contributed by atoms with Crippen molar-refractivity contribution < 1.29 is 9.50 Å². The van der Waals surface area contributed by atoms with Crippen molar-refractivity contribution in [3.05, 3.63) is 23.0 Å². The highest BCUT2D eigenvalue weighted by molar-refractivity contribution is 6.31. The largest absolute Gasteiger partial charge is 0.397 e. The minimum absolute atomic E-state index is 0.00961. The molecule has 0 saturated carbocycles. The van der Waals surface area contributed by atoms with Gasteiger partial charge in [-0.05, 0) is 18.9 Å². The number of aliphatic hydroxyl groups excluding tert-OH is 1. The Labute approximate surface area is 111 Å². The van der Waals surface area contributed by atoms with E-state index in [4.69, 9.17) is 17.3 Å². The molecule has 18 heavy (non-hydrogen) atoms. The van der Waals surface area contributed by atoms with Gasteiger partial charge in [0.05, 0.1) is 29.0 Å². The van der Waals surface area contributed by atoms with E-state index in [2.05, 4.69) is 0 Å². The second-order valence-electron chi connectivity index (χ2n) is 4.70. The van der Waals surface area contributed by atoms with Crippen LogP contribution in [0.4, 0.5) is 15.8 Å². The molecule has 0 aliphatic carbocycles. The second kappa shape index (κ2) is 5.76. The number of nitrogen functional groups attached to an aromatic ring is 1. The van der Waals surface area contributed by atoms with E-state index in [1.165, 1.54) is 12.1 Å². The topological polar surface area (TPSA) is 49.5 Å². The Morgan fingerprint density at radius 3 is 2.89 bits per heavy atom. The molecule has 1 aliphatic heterocycles. The van der Waals surface area contributed by atoms with Gasteiger partial charge >= 0.3 is 0 Å². The third-order valence-corrected chi connectivity index (χ3v) is 3.76. The van der Waals surface area contributed by atoms with Gasteiger partial charge in [0.1, 0.15) is 5.82 Å². The van der Waals surface area contributed by atoms with Gasteiger partial charge in [-0.2, -0.15) is 0 Å². The van der Waals surface area contributed by atoms with Crippen molar-refractivity contribution in [3.8, 4) is 0 Å². The van der Waals surface area contributed by atoms with E-state index < -0.39 is 5.82 Å². The molecule has 1 aliphatic rings. The van der Waals surface area contributed by atoms with Crippen LogP contribution in [0.3, 0.4) is 0 Å². The fraction of sp³-hybridized carbons (Fsp3) is 0.538. The summed E-state index contributed by atoms with van der Waals surface area (Å²) in [7, 11) is 0. The lowest BCUT2D eigenvalue weighted by Gasteiger charge is -2.31. The van der Waals surface area contributed by atoms with Crippen molar-refractivity contribution >= 4 is 23.0 Å². The standard InChI is InChI=1S/C13H18ClFN2O/c14-10-6-12(16)13(7-11(10)15)17-5-3-1-2-4-9(17)8-18/h6-7,9,18H,1-5,8,16H2. The molecule has 0 bridgehead atoms. The van der Waals surface area contributed by atoms with E-state index in [0.29, 0.717) is 11.4 Å². The summed E-state index contributed by atoms with van der Waals surface area (Å²) in [5.41, 5.74) is 7.01. The summed E-state index contributed by atoms with van der Waals surface area (Å²) < 4.78 is 13.6. The van der Waals surface area contributed by atoms with Crippen LogP contribution in [0.25, 0.3) is 0 Å². The van der Waals surface area contributed by atoms with Crippen LogP contribution in [-0.2, 0) is 0 Å². The molecular formula is C13H18ClFN2O. The van der Waals surface area contributed by atoms with Crippen LogP contribution < -0.4 is 10.6 Å². The number of halogens is 2. The molecule has 1 saturated heterocycles. The summed E-state index contributed by atoms with van der Waals surface area (Å²) in [5.74, 6) is -0.471. The van der Waals surface area contributed by atoms with Crippen LogP contribution in [0.5, 0.6) is 0 Å². The van der Waals surface area contributed by atoms with Gasteiger partial charge in [0, 0.05) is 12.6 Å². The quantitative estimate of drug-likeness (QED) is 0.814. The first-order valence-corrected chi connectivity index (χ1v) is 6.63. The number of nitrogens with two attached hydrogens (primary N) is 1. The Hall–Kier alpha value is -1.00. The maximum absolute atomic E-state index is 13.6. The molecule has 0 amide bonds. The van der Waals surface area contributed by atoms with Crippen molar-refractivity contribution in [3.63, 3.8) is 0 Å². The molecule has 3 N–H and O–H groups in total. The molecule has 1 aromatic rings. The van der Waals surface area contributed by atoms with Crippen molar-refractivity contribution in [2.24, 2.45) is 0 Å².